The molecular weight excluding hydrogens is 257 g/mol. The van der Waals surface area contributed by atoms with Gasteiger partial charge in [0.1, 0.15) is 5.82 Å². The van der Waals surface area contributed by atoms with Crippen LogP contribution in [-0.4, -0.2) is 22.8 Å². The van der Waals surface area contributed by atoms with Crippen molar-refractivity contribution in [3.8, 4) is 0 Å². The van der Waals surface area contributed by atoms with Crippen molar-refractivity contribution < 1.29 is 4.39 Å². The second kappa shape index (κ2) is 6.70. The lowest BCUT2D eigenvalue weighted by molar-refractivity contribution is 0.604. The van der Waals surface area contributed by atoms with Gasteiger partial charge in [-0.2, -0.15) is 5.10 Å². The smallest absolute Gasteiger partial charge is 0.191 e. The van der Waals surface area contributed by atoms with Crippen LogP contribution in [0.15, 0.2) is 41.7 Å². The molecule has 1 aromatic carbocycles. The second-order valence-electron chi connectivity index (χ2n) is 4.39. The number of guanidine groups is 1. The first-order chi connectivity index (χ1) is 9.69. The highest BCUT2D eigenvalue weighted by atomic mass is 19.1. The first-order valence-corrected chi connectivity index (χ1v) is 6.34. The van der Waals surface area contributed by atoms with E-state index < -0.39 is 0 Å². The molecule has 0 saturated heterocycles. The van der Waals surface area contributed by atoms with E-state index in [-0.39, 0.29) is 5.82 Å². The zero-order valence-corrected chi connectivity index (χ0v) is 11.6. The number of rotatable bonds is 4. The standard InChI is InChI=1S/C14H18FN5/c1-16-14(17-7-11-8-19-20(2)10-11)18-9-12-5-3-4-6-13(12)15/h3-6,8,10H,7,9H2,1-2H3,(H2,16,17,18). The molecule has 1 aromatic heterocycles. The lowest BCUT2D eigenvalue weighted by Gasteiger charge is -2.11. The molecule has 6 heteroatoms. The van der Waals surface area contributed by atoms with Gasteiger partial charge in [0.05, 0.1) is 6.20 Å². The Morgan fingerprint density at radius 2 is 2.05 bits per heavy atom. The van der Waals surface area contributed by atoms with E-state index in [1.165, 1.54) is 6.07 Å². The predicted octanol–water partition coefficient (Wildman–Crippen LogP) is 1.42. The van der Waals surface area contributed by atoms with E-state index in [9.17, 15) is 4.39 Å². The van der Waals surface area contributed by atoms with E-state index in [1.54, 1.807) is 30.1 Å². The molecule has 0 fully saturated rings. The molecule has 5 nitrogen and oxygen atoms in total. The van der Waals surface area contributed by atoms with Crippen molar-refractivity contribution in [2.45, 2.75) is 13.1 Å². The maximum atomic E-state index is 13.5. The van der Waals surface area contributed by atoms with Gasteiger partial charge in [-0.25, -0.2) is 4.39 Å². The van der Waals surface area contributed by atoms with Crippen LogP contribution in [-0.2, 0) is 20.1 Å². The summed E-state index contributed by atoms with van der Waals surface area (Å²) in [6, 6.07) is 6.68. The summed E-state index contributed by atoms with van der Waals surface area (Å²) >= 11 is 0. The van der Waals surface area contributed by atoms with E-state index in [0.29, 0.717) is 24.6 Å². The number of hydrogen-bond donors (Lipinski definition) is 2. The van der Waals surface area contributed by atoms with Gasteiger partial charge in [0, 0.05) is 44.5 Å². The summed E-state index contributed by atoms with van der Waals surface area (Å²) in [6.07, 6.45) is 3.72. The highest BCUT2D eigenvalue weighted by molar-refractivity contribution is 5.79. The van der Waals surface area contributed by atoms with Crippen molar-refractivity contribution >= 4 is 5.96 Å². The molecule has 0 unspecified atom stereocenters. The number of aryl methyl sites for hydroxylation is 1. The maximum Gasteiger partial charge on any atom is 0.191 e. The van der Waals surface area contributed by atoms with Crippen LogP contribution >= 0.6 is 0 Å². The highest BCUT2D eigenvalue weighted by Crippen LogP contribution is 2.05. The Morgan fingerprint density at radius 3 is 2.70 bits per heavy atom. The fraction of sp³-hybridized carbons (Fsp3) is 0.286. The number of nitrogens with zero attached hydrogens (tertiary/aromatic N) is 3. The Labute approximate surface area is 117 Å². The van der Waals surface area contributed by atoms with Gasteiger partial charge in [0.25, 0.3) is 0 Å². The molecule has 20 heavy (non-hydrogen) atoms. The largest absolute Gasteiger partial charge is 0.352 e. The number of halogens is 1. The third kappa shape index (κ3) is 3.81. The molecule has 0 atom stereocenters. The van der Waals surface area contributed by atoms with Gasteiger partial charge < -0.3 is 10.6 Å². The third-order valence-corrected chi connectivity index (χ3v) is 2.85. The van der Waals surface area contributed by atoms with Crippen LogP contribution in [0.4, 0.5) is 4.39 Å². The summed E-state index contributed by atoms with van der Waals surface area (Å²) in [5.74, 6) is 0.403. The van der Waals surface area contributed by atoms with Crippen molar-refractivity contribution in [1.82, 2.24) is 20.4 Å². The van der Waals surface area contributed by atoms with Gasteiger partial charge in [-0.15, -0.1) is 0 Å². The summed E-state index contributed by atoms with van der Waals surface area (Å²) in [4.78, 5) is 4.10. The van der Waals surface area contributed by atoms with E-state index >= 15 is 0 Å². The Morgan fingerprint density at radius 1 is 1.30 bits per heavy atom. The molecule has 0 aliphatic rings. The monoisotopic (exact) mass is 275 g/mol. The molecule has 0 amide bonds. The van der Waals surface area contributed by atoms with Crippen LogP contribution in [0.5, 0.6) is 0 Å². The fourth-order valence-corrected chi connectivity index (χ4v) is 1.79. The van der Waals surface area contributed by atoms with Gasteiger partial charge in [0.2, 0.25) is 0 Å². The molecule has 0 spiro atoms. The van der Waals surface area contributed by atoms with Gasteiger partial charge in [-0.1, -0.05) is 18.2 Å². The second-order valence-corrected chi connectivity index (χ2v) is 4.39. The molecule has 1 heterocycles. The number of aromatic nitrogens is 2. The van der Waals surface area contributed by atoms with Crippen molar-refractivity contribution in [3.05, 3.63) is 53.6 Å². The average Bonchev–Trinajstić information content (AvgIpc) is 2.86. The zero-order valence-electron chi connectivity index (χ0n) is 11.6. The lowest BCUT2D eigenvalue weighted by atomic mass is 10.2. The van der Waals surface area contributed by atoms with Crippen LogP contribution < -0.4 is 10.6 Å². The SMILES string of the molecule is CN=C(NCc1cnn(C)c1)NCc1ccccc1F. The fourth-order valence-electron chi connectivity index (χ4n) is 1.79. The summed E-state index contributed by atoms with van der Waals surface area (Å²) in [6.45, 7) is 1.00. The highest BCUT2D eigenvalue weighted by Gasteiger charge is 2.03. The molecular formula is C14H18FN5. The Hall–Kier alpha value is -2.37. The van der Waals surface area contributed by atoms with E-state index in [0.717, 1.165) is 5.56 Å². The molecule has 106 valence electrons. The van der Waals surface area contributed by atoms with Crippen LogP contribution in [0.3, 0.4) is 0 Å². The van der Waals surface area contributed by atoms with Crippen molar-refractivity contribution in [3.63, 3.8) is 0 Å². The minimum Gasteiger partial charge on any atom is -0.352 e. The molecule has 0 aliphatic heterocycles. The molecule has 2 N–H and O–H groups in total. The summed E-state index contributed by atoms with van der Waals surface area (Å²) in [7, 11) is 3.55. The quantitative estimate of drug-likeness (QED) is 0.655. The zero-order chi connectivity index (χ0) is 14.4. The topological polar surface area (TPSA) is 54.2 Å². The average molecular weight is 275 g/mol. The van der Waals surface area contributed by atoms with Crippen molar-refractivity contribution in [1.29, 1.82) is 0 Å². The predicted molar refractivity (Wildman–Crippen MR) is 76.6 cm³/mol. The lowest BCUT2D eigenvalue weighted by Crippen LogP contribution is -2.36. The normalized spacial score (nSPS) is 11.4. The molecule has 2 rings (SSSR count). The van der Waals surface area contributed by atoms with Crippen LogP contribution in [0, 0.1) is 5.82 Å². The summed E-state index contributed by atoms with van der Waals surface area (Å²) in [5.41, 5.74) is 1.66. The number of benzene rings is 1. The Kier molecular flexibility index (Phi) is 4.70. The molecule has 0 aliphatic carbocycles. The van der Waals surface area contributed by atoms with Crippen molar-refractivity contribution in [2.24, 2.45) is 12.0 Å². The van der Waals surface area contributed by atoms with E-state index in [2.05, 4.69) is 20.7 Å². The number of nitrogens with one attached hydrogen (secondary N) is 2. The van der Waals surface area contributed by atoms with Crippen LogP contribution in [0.25, 0.3) is 0 Å². The Balaban J connectivity index is 1.85. The summed E-state index contributed by atoms with van der Waals surface area (Å²) < 4.78 is 15.2. The number of aliphatic imine (C=N–C) groups is 1. The van der Waals surface area contributed by atoms with E-state index in [4.69, 9.17) is 0 Å². The first-order valence-electron chi connectivity index (χ1n) is 6.34. The summed E-state index contributed by atoms with van der Waals surface area (Å²) in [5, 5.41) is 10.3. The van der Waals surface area contributed by atoms with Gasteiger partial charge in [0.15, 0.2) is 5.96 Å². The molecule has 0 saturated carbocycles. The minimum absolute atomic E-state index is 0.220. The maximum absolute atomic E-state index is 13.5. The van der Waals surface area contributed by atoms with Gasteiger partial charge in [-0.3, -0.25) is 9.67 Å². The number of hydrogen-bond acceptors (Lipinski definition) is 2. The van der Waals surface area contributed by atoms with Crippen LogP contribution in [0.1, 0.15) is 11.1 Å². The minimum atomic E-state index is -0.220. The van der Waals surface area contributed by atoms with E-state index in [1.807, 2.05) is 19.3 Å². The van der Waals surface area contributed by atoms with Gasteiger partial charge in [-0.05, 0) is 6.07 Å². The Bertz CT molecular complexity index is 591. The van der Waals surface area contributed by atoms with Gasteiger partial charge >= 0.3 is 0 Å². The van der Waals surface area contributed by atoms with Crippen molar-refractivity contribution in [2.75, 3.05) is 7.05 Å². The first kappa shape index (κ1) is 14.0. The molecule has 0 radical (unpaired) electrons. The molecule has 2 aromatic rings. The molecule has 0 bridgehead atoms. The van der Waals surface area contributed by atoms with Crippen LogP contribution in [0.2, 0.25) is 0 Å². The third-order valence-electron chi connectivity index (χ3n) is 2.85.